The Morgan fingerprint density at radius 2 is 1.83 bits per heavy atom. The lowest BCUT2D eigenvalue weighted by Gasteiger charge is -2.26. The number of amides is 1. The van der Waals surface area contributed by atoms with Crippen LogP contribution in [-0.4, -0.2) is 45.9 Å². The number of carbonyl (C=O) groups is 1. The van der Waals surface area contributed by atoms with Gasteiger partial charge in [-0.1, -0.05) is 29.8 Å². The van der Waals surface area contributed by atoms with Crippen molar-refractivity contribution in [3.05, 3.63) is 64.4 Å². The Hall–Kier alpha value is -2.00. The fraction of sp³-hybridized carbons (Fsp3) is 0.350. The Morgan fingerprint density at radius 1 is 1.17 bits per heavy atom. The summed E-state index contributed by atoms with van der Waals surface area (Å²) in [6.45, 7) is 3.51. The maximum atomic E-state index is 14.2. The smallest absolute Gasteiger partial charge is 0.254 e. The topological polar surface area (TPSA) is 78.5 Å². The van der Waals surface area contributed by atoms with Gasteiger partial charge in [0, 0.05) is 17.6 Å². The number of nitrogens with one attached hydrogen (secondary N) is 2. The average Bonchev–Trinajstić information content (AvgIpc) is 2.62. The van der Waals surface area contributed by atoms with Crippen molar-refractivity contribution in [3.63, 3.8) is 0 Å². The van der Waals surface area contributed by atoms with E-state index < -0.39 is 21.7 Å². The fourth-order valence-corrected chi connectivity index (χ4v) is 4.36. The molecule has 0 aliphatic carbocycles. The van der Waals surface area contributed by atoms with E-state index in [-0.39, 0.29) is 29.1 Å². The van der Waals surface area contributed by atoms with Crippen molar-refractivity contribution in [2.45, 2.75) is 30.8 Å². The standard InChI is InChI=1S/C20H25ClFN3O3S/c1-13(2)24-29(27,28)14-9-10-18(22)16(11-14)20(26)23-12-19(25(3)4)15-7-5-6-8-17(15)21/h5-11,13,19,24H,12H2,1-4H3,(H,23,26). The quantitative estimate of drug-likeness (QED) is 0.659. The zero-order valence-electron chi connectivity index (χ0n) is 16.7. The second-order valence-corrected chi connectivity index (χ2v) is 9.25. The Balaban J connectivity index is 2.24. The van der Waals surface area contributed by atoms with Crippen molar-refractivity contribution in [2.75, 3.05) is 20.6 Å². The molecule has 0 aromatic heterocycles. The van der Waals surface area contributed by atoms with Crippen LogP contribution in [-0.2, 0) is 10.0 Å². The van der Waals surface area contributed by atoms with Gasteiger partial charge in [0.2, 0.25) is 10.0 Å². The minimum atomic E-state index is -3.85. The normalized spacial score (nSPS) is 13.0. The number of sulfonamides is 1. The molecule has 0 fully saturated rings. The first-order valence-corrected chi connectivity index (χ1v) is 10.9. The van der Waals surface area contributed by atoms with E-state index in [4.69, 9.17) is 11.6 Å². The summed E-state index contributed by atoms with van der Waals surface area (Å²) in [5.74, 6) is -1.51. The van der Waals surface area contributed by atoms with Gasteiger partial charge in [-0.15, -0.1) is 0 Å². The first kappa shape index (κ1) is 23.3. The molecule has 1 unspecified atom stereocenters. The Morgan fingerprint density at radius 3 is 2.41 bits per heavy atom. The summed E-state index contributed by atoms with van der Waals surface area (Å²) < 4.78 is 41.3. The third-order valence-electron chi connectivity index (χ3n) is 4.23. The lowest BCUT2D eigenvalue weighted by Crippen LogP contribution is -2.35. The molecule has 29 heavy (non-hydrogen) atoms. The van der Waals surface area contributed by atoms with Gasteiger partial charge in [0.15, 0.2) is 0 Å². The SMILES string of the molecule is CC(C)NS(=O)(=O)c1ccc(F)c(C(=O)NCC(c2ccccc2Cl)N(C)C)c1. The number of hydrogen-bond acceptors (Lipinski definition) is 4. The predicted molar refractivity (Wildman–Crippen MR) is 112 cm³/mol. The summed E-state index contributed by atoms with van der Waals surface area (Å²) in [6, 6.07) is 9.82. The molecule has 1 amide bonds. The van der Waals surface area contributed by atoms with Crippen LogP contribution >= 0.6 is 11.6 Å². The zero-order chi connectivity index (χ0) is 21.8. The van der Waals surface area contributed by atoms with Crippen LogP contribution in [0.5, 0.6) is 0 Å². The third kappa shape index (κ3) is 5.99. The van der Waals surface area contributed by atoms with Crippen LogP contribution in [0.1, 0.15) is 35.8 Å². The van der Waals surface area contributed by atoms with E-state index in [9.17, 15) is 17.6 Å². The second kappa shape index (κ2) is 9.67. The van der Waals surface area contributed by atoms with Gasteiger partial charge >= 0.3 is 0 Å². The molecule has 0 aliphatic rings. The summed E-state index contributed by atoms with van der Waals surface area (Å²) in [5, 5.41) is 3.23. The summed E-state index contributed by atoms with van der Waals surface area (Å²) >= 11 is 6.26. The van der Waals surface area contributed by atoms with E-state index in [2.05, 4.69) is 10.0 Å². The second-order valence-electron chi connectivity index (χ2n) is 7.13. The molecule has 158 valence electrons. The molecule has 0 aliphatic heterocycles. The molecule has 0 bridgehead atoms. The van der Waals surface area contributed by atoms with E-state index in [1.54, 1.807) is 19.9 Å². The Kier molecular flexibility index (Phi) is 7.76. The maximum Gasteiger partial charge on any atom is 0.254 e. The molecule has 0 radical (unpaired) electrons. The Bertz CT molecular complexity index is 981. The summed E-state index contributed by atoms with van der Waals surface area (Å²) in [5.41, 5.74) is 0.477. The number of likely N-dealkylation sites (N-methyl/N-ethyl adjacent to an activating group) is 1. The van der Waals surface area contributed by atoms with Crippen LogP contribution in [0.15, 0.2) is 47.4 Å². The number of rotatable bonds is 8. The molecular weight excluding hydrogens is 417 g/mol. The van der Waals surface area contributed by atoms with Crippen molar-refractivity contribution in [1.82, 2.24) is 14.9 Å². The van der Waals surface area contributed by atoms with Crippen LogP contribution < -0.4 is 10.0 Å². The van der Waals surface area contributed by atoms with Crippen molar-refractivity contribution < 1.29 is 17.6 Å². The molecule has 9 heteroatoms. The van der Waals surface area contributed by atoms with Crippen molar-refractivity contribution in [1.29, 1.82) is 0 Å². The summed E-state index contributed by atoms with van der Waals surface area (Å²) in [7, 11) is -0.170. The lowest BCUT2D eigenvalue weighted by atomic mass is 10.1. The highest BCUT2D eigenvalue weighted by atomic mass is 35.5. The molecule has 1 atom stereocenters. The highest BCUT2D eigenvalue weighted by Gasteiger charge is 2.22. The summed E-state index contributed by atoms with van der Waals surface area (Å²) in [6.07, 6.45) is 0. The molecule has 2 aromatic carbocycles. The summed E-state index contributed by atoms with van der Waals surface area (Å²) in [4.78, 5) is 14.3. The molecule has 2 aromatic rings. The van der Waals surface area contributed by atoms with E-state index in [1.807, 2.05) is 37.2 Å². The monoisotopic (exact) mass is 441 g/mol. The minimum Gasteiger partial charge on any atom is -0.350 e. The van der Waals surface area contributed by atoms with Crippen LogP contribution in [0.3, 0.4) is 0 Å². The van der Waals surface area contributed by atoms with Gasteiger partial charge in [-0.2, -0.15) is 0 Å². The van der Waals surface area contributed by atoms with Gasteiger partial charge < -0.3 is 10.2 Å². The van der Waals surface area contributed by atoms with E-state index >= 15 is 0 Å². The largest absolute Gasteiger partial charge is 0.350 e. The average molecular weight is 442 g/mol. The number of nitrogens with zero attached hydrogens (tertiary/aromatic N) is 1. The van der Waals surface area contributed by atoms with Gasteiger partial charge in [0.25, 0.3) is 5.91 Å². The van der Waals surface area contributed by atoms with E-state index in [0.29, 0.717) is 5.02 Å². The van der Waals surface area contributed by atoms with Gasteiger partial charge in [-0.25, -0.2) is 17.5 Å². The lowest BCUT2D eigenvalue weighted by molar-refractivity contribution is 0.0937. The molecule has 0 spiro atoms. The highest BCUT2D eigenvalue weighted by Crippen LogP contribution is 2.25. The van der Waals surface area contributed by atoms with Gasteiger partial charge in [-0.05, 0) is 57.8 Å². The fourth-order valence-electron chi connectivity index (χ4n) is 2.82. The van der Waals surface area contributed by atoms with Crippen LogP contribution in [0.4, 0.5) is 4.39 Å². The Labute approximate surface area is 176 Å². The molecule has 0 heterocycles. The van der Waals surface area contributed by atoms with Crippen LogP contribution in [0.2, 0.25) is 5.02 Å². The molecule has 2 rings (SSSR count). The minimum absolute atomic E-state index is 0.163. The first-order valence-electron chi connectivity index (χ1n) is 9.04. The number of halogens is 2. The number of carbonyl (C=O) groups excluding carboxylic acids is 1. The molecule has 0 saturated heterocycles. The highest BCUT2D eigenvalue weighted by molar-refractivity contribution is 7.89. The number of hydrogen-bond donors (Lipinski definition) is 2. The van der Waals surface area contributed by atoms with Crippen LogP contribution in [0.25, 0.3) is 0 Å². The molecule has 6 nitrogen and oxygen atoms in total. The molecular formula is C20H25ClFN3O3S. The van der Waals surface area contributed by atoms with Gasteiger partial charge in [-0.3, -0.25) is 4.79 Å². The van der Waals surface area contributed by atoms with E-state index in [1.165, 1.54) is 0 Å². The van der Waals surface area contributed by atoms with Gasteiger partial charge in [0.05, 0.1) is 16.5 Å². The van der Waals surface area contributed by atoms with Crippen molar-refractivity contribution in [2.24, 2.45) is 0 Å². The number of benzene rings is 2. The molecule has 0 saturated carbocycles. The molecule has 2 N–H and O–H groups in total. The van der Waals surface area contributed by atoms with Gasteiger partial charge in [0.1, 0.15) is 5.82 Å². The van der Waals surface area contributed by atoms with Crippen molar-refractivity contribution >= 4 is 27.5 Å². The third-order valence-corrected chi connectivity index (χ3v) is 6.23. The van der Waals surface area contributed by atoms with E-state index in [0.717, 1.165) is 23.8 Å². The zero-order valence-corrected chi connectivity index (χ0v) is 18.3. The predicted octanol–water partition coefficient (Wildman–Crippen LogP) is 3.20. The van der Waals surface area contributed by atoms with Crippen LogP contribution in [0, 0.1) is 5.82 Å². The first-order chi connectivity index (χ1) is 13.5. The van der Waals surface area contributed by atoms with Crippen molar-refractivity contribution in [3.8, 4) is 0 Å². The maximum absolute atomic E-state index is 14.2.